The summed E-state index contributed by atoms with van der Waals surface area (Å²) < 4.78 is 42.7. The largest absolute Gasteiger partial charge is 0.491 e. The van der Waals surface area contributed by atoms with Crippen molar-refractivity contribution in [2.75, 3.05) is 27.4 Å². The van der Waals surface area contributed by atoms with Gasteiger partial charge >= 0.3 is 0 Å². The number of rotatable bonds is 10. The third-order valence-corrected chi connectivity index (χ3v) is 5.97. The lowest BCUT2D eigenvalue weighted by atomic mass is 10.0. The van der Waals surface area contributed by atoms with Gasteiger partial charge in [-0.2, -0.15) is 0 Å². The monoisotopic (exact) mass is 443 g/mol. The Balaban J connectivity index is 1.69. The van der Waals surface area contributed by atoms with Crippen LogP contribution >= 0.6 is 0 Å². The Hall–Kier alpha value is -3.01. The third kappa shape index (κ3) is 5.78. The third-order valence-electron chi connectivity index (χ3n) is 4.54. The first-order valence-electron chi connectivity index (χ1n) is 9.63. The number of nitrogens with one attached hydrogen (secondary N) is 1. The van der Waals surface area contributed by atoms with Gasteiger partial charge in [-0.25, -0.2) is 18.1 Å². The summed E-state index contributed by atoms with van der Waals surface area (Å²) in [6.45, 7) is 3.14. The van der Waals surface area contributed by atoms with Crippen molar-refractivity contribution in [1.29, 1.82) is 0 Å². The maximum Gasteiger partial charge on any atom is 0.245 e. The average molecular weight is 444 g/mol. The predicted molar refractivity (Wildman–Crippen MR) is 117 cm³/mol. The van der Waals surface area contributed by atoms with Gasteiger partial charge in [-0.3, -0.25) is 4.98 Å². The molecule has 0 amide bonds. The minimum Gasteiger partial charge on any atom is -0.491 e. The highest BCUT2D eigenvalue weighted by atomic mass is 32.2. The highest BCUT2D eigenvalue weighted by molar-refractivity contribution is 7.89. The van der Waals surface area contributed by atoms with E-state index in [0.717, 1.165) is 22.4 Å². The average Bonchev–Trinajstić information content (AvgIpc) is 2.79. The van der Waals surface area contributed by atoms with Crippen molar-refractivity contribution in [3.8, 4) is 22.8 Å². The molecule has 0 radical (unpaired) electrons. The number of aryl methyl sites for hydroxylation is 1. The molecule has 0 aliphatic heterocycles. The van der Waals surface area contributed by atoms with Crippen LogP contribution < -0.4 is 14.2 Å². The fourth-order valence-electron chi connectivity index (χ4n) is 2.90. The Morgan fingerprint density at radius 1 is 1.03 bits per heavy atom. The molecule has 3 aromatic rings. The Labute approximate surface area is 182 Å². The SMILES string of the molecule is CNS(=O)(=O)c1cccnc1OCc1ccc(-c2ccc(OCCOC)cc2C)cn1. The molecule has 8 nitrogen and oxygen atoms in total. The minimum absolute atomic E-state index is 0.0162. The molecule has 0 bridgehead atoms. The molecule has 0 spiro atoms. The molecule has 1 aromatic carbocycles. The van der Waals surface area contributed by atoms with E-state index in [-0.39, 0.29) is 17.4 Å². The lowest BCUT2D eigenvalue weighted by Gasteiger charge is -2.11. The van der Waals surface area contributed by atoms with Gasteiger partial charge in [0.25, 0.3) is 0 Å². The van der Waals surface area contributed by atoms with Crippen LogP contribution in [-0.4, -0.2) is 45.8 Å². The number of ether oxygens (including phenoxy) is 3. The molecule has 1 N–H and O–H groups in total. The quantitative estimate of drug-likeness (QED) is 0.481. The zero-order valence-electron chi connectivity index (χ0n) is 17.7. The van der Waals surface area contributed by atoms with Gasteiger partial charge in [0.1, 0.15) is 23.9 Å². The number of methoxy groups -OCH3 is 1. The van der Waals surface area contributed by atoms with Crippen molar-refractivity contribution in [3.05, 3.63) is 66.1 Å². The number of hydrogen-bond acceptors (Lipinski definition) is 7. The van der Waals surface area contributed by atoms with Crippen LogP contribution in [0.3, 0.4) is 0 Å². The van der Waals surface area contributed by atoms with Gasteiger partial charge in [0, 0.05) is 25.1 Å². The molecule has 2 aromatic heterocycles. The molecule has 0 unspecified atom stereocenters. The van der Waals surface area contributed by atoms with E-state index in [9.17, 15) is 8.42 Å². The topological polar surface area (TPSA) is 99.6 Å². The van der Waals surface area contributed by atoms with Crippen LogP contribution in [0.25, 0.3) is 11.1 Å². The Morgan fingerprint density at radius 2 is 1.87 bits per heavy atom. The summed E-state index contributed by atoms with van der Waals surface area (Å²) >= 11 is 0. The molecule has 164 valence electrons. The van der Waals surface area contributed by atoms with Crippen LogP contribution in [0.15, 0.2) is 59.8 Å². The van der Waals surface area contributed by atoms with Gasteiger partial charge < -0.3 is 14.2 Å². The predicted octanol–water partition coefficient (Wildman–Crippen LogP) is 2.96. The minimum atomic E-state index is -3.67. The molecule has 0 fully saturated rings. The summed E-state index contributed by atoms with van der Waals surface area (Å²) in [7, 11) is -0.689. The van der Waals surface area contributed by atoms with Crippen LogP contribution in [-0.2, 0) is 21.4 Å². The Bertz CT molecular complexity index is 1120. The maximum absolute atomic E-state index is 12.1. The molecular formula is C22H25N3O5S. The van der Waals surface area contributed by atoms with Crippen LogP contribution in [0.4, 0.5) is 0 Å². The van der Waals surface area contributed by atoms with Crippen LogP contribution in [0.1, 0.15) is 11.3 Å². The van der Waals surface area contributed by atoms with Gasteiger partial charge in [-0.05, 0) is 55.4 Å². The Morgan fingerprint density at radius 3 is 2.55 bits per heavy atom. The maximum atomic E-state index is 12.1. The van der Waals surface area contributed by atoms with E-state index in [1.807, 2.05) is 37.3 Å². The van der Waals surface area contributed by atoms with Crippen molar-refractivity contribution in [3.63, 3.8) is 0 Å². The summed E-state index contributed by atoms with van der Waals surface area (Å²) in [5.74, 6) is 0.821. The zero-order valence-corrected chi connectivity index (χ0v) is 18.5. The van der Waals surface area contributed by atoms with E-state index in [2.05, 4.69) is 14.7 Å². The second-order valence-electron chi connectivity index (χ2n) is 6.66. The van der Waals surface area contributed by atoms with Crippen molar-refractivity contribution in [2.45, 2.75) is 18.4 Å². The smallest absolute Gasteiger partial charge is 0.245 e. The number of nitrogens with zero attached hydrogens (tertiary/aromatic N) is 2. The summed E-state index contributed by atoms with van der Waals surface area (Å²) in [4.78, 5) is 8.46. The first kappa shape index (κ1) is 22.7. The van der Waals surface area contributed by atoms with Gasteiger partial charge in [-0.15, -0.1) is 0 Å². The molecule has 9 heteroatoms. The van der Waals surface area contributed by atoms with E-state index in [1.165, 1.54) is 19.3 Å². The summed E-state index contributed by atoms with van der Waals surface area (Å²) in [5, 5.41) is 0. The summed E-state index contributed by atoms with van der Waals surface area (Å²) in [5.41, 5.74) is 3.72. The molecule has 3 rings (SSSR count). The molecule has 0 aliphatic rings. The van der Waals surface area contributed by atoms with E-state index in [0.29, 0.717) is 18.9 Å². The van der Waals surface area contributed by atoms with Crippen LogP contribution in [0, 0.1) is 6.92 Å². The van der Waals surface area contributed by atoms with Crippen molar-refractivity contribution in [2.24, 2.45) is 0 Å². The van der Waals surface area contributed by atoms with Gasteiger partial charge in [0.05, 0.1) is 12.3 Å². The number of sulfonamides is 1. The first-order valence-corrected chi connectivity index (χ1v) is 11.1. The lowest BCUT2D eigenvalue weighted by molar-refractivity contribution is 0.146. The lowest BCUT2D eigenvalue weighted by Crippen LogP contribution is -2.20. The number of benzene rings is 1. The van der Waals surface area contributed by atoms with Gasteiger partial charge in [0.2, 0.25) is 15.9 Å². The highest BCUT2D eigenvalue weighted by Gasteiger charge is 2.18. The second-order valence-corrected chi connectivity index (χ2v) is 8.51. The Kier molecular flexibility index (Phi) is 7.56. The van der Waals surface area contributed by atoms with Crippen molar-refractivity contribution < 1.29 is 22.6 Å². The molecule has 0 atom stereocenters. The highest BCUT2D eigenvalue weighted by Crippen LogP contribution is 2.27. The van der Waals surface area contributed by atoms with Crippen molar-refractivity contribution >= 4 is 10.0 Å². The number of hydrogen-bond donors (Lipinski definition) is 1. The summed E-state index contributed by atoms with van der Waals surface area (Å²) in [6.07, 6.45) is 3.24. The zero-order chi connectivity index (χ0) is 22.3. The van der Waals surface area contributed by atoms with E-state index >= 15 is 0 Å². The summed E-state index contributed by atoms with van der Waals surface area (Å²) in [6, 6.07) is 12.7. The number of aromatic nitrogens is 2. The van der Waals surface area contributed by atoms with Crippen LogP contribution in [0.5, 0.6) is 11.6 Å². The van der Waals surface area contributed by atoms with Crippen molar-refractivity contribution in [1.82, 2.24) is 14.7 Å². The first-order chi connectivity index (χ1) is 14.9. The molecule has 0 aliphatic carbocycles. The molecule has 2 heterocycles. The van der Waals surface area contributed by atoms with Gasteiger partial charge in [-0.1, -0.05) is 12.1 Å². The number of pyridine rings is 2. The fourth-order valence-corrected chi connectivity index (χ4v) is 3.72. The standard InChI is InChI=1S/C22H25N3O5S/c1-16-13-19(29-12-11-28-3)8-9-20(16)17-6-7-18(25-14-17)15-30-22-21(5-4-10-24-22)31(26,27)23-2/h4-10,13-14,23H,11-12,15H2,1-3H3. The van der Waals surface area contributed by atoms with Crippen LogP contribution in [0.2, 0.25) is 0 Å². The molecular weight excluding hydrogens is 418 g/mol. The van der Waals surface area contributed by atoms with E-state index < -0.39 is 10.0 Å². The molecule has 0 saturated carbocycles. The van der Waals surface area contributed by atoms with Gasteiger partial charge in [0.15, 0.2) is 0 Å². The van der Waals surface area contributed by atoms with E-state index in [4.69, 9.17) is 14.2 Å². The molecule has 31 heavy (non-hydrogen) atoms. The fraction of sp³-hybridized carbons (Fsp3) is 0.273. The second kappa shape index (κ2) is 10.3. The van der Waals surface area contributed by atoms with E-state index in [1.54, 1.807) is 19.4 Å². The normalized spacial score (nSPS) is 11.3. The molecule has 0 saturated heterocycles.